The average molecular weight is 123 g/mol. The van der Waals surface area contributed by atoms with Crippen molar-refractivity contribution in [3.8, 4) is 6.07 Å². The molecule has 1 aliphatic rings. The molecule has 1 rings (SSSR count). The SMILES string of the molecule is N#C[C@@H]1CCCC(=O)C1. The second-order valence-electron chi connectivity index (χ2n) is 2.46. The zero-order valence-electron chi connectivity index (χ0n) is 5.26. The van der Waals surface area contributed by atoms with Gasteiger partial charge in [0.15, 0.2) is 0 Å². The van der Waals surface area contributed by atoms with Gasteiger partial charge in [0.2, 0.25) is 0 Å². The maximum atomic E-state index is 10.7. The number of hydrogen-bond acceptors (Lipinski definition) is 2. The molecule has 0 aliphatic heterocycles. The molecule has 0 bridgehead atoms. The van der Waals surface area contributed by atoms with E-state index in [9.17, 15) is 4.79 Å². The van der Waals surface area contributed by atoms with Crippen LogP contribution < -0.4 is 0 Å². The van der Waals surface area contributed by atoms with Crippen molar-refractivity contribution in [2.45, 2.75) is 25.7 Å². The van der Waals surface area contributed by atoms with Crippen molar-refractivity contribution in [3.05, 3.63) is 0 Å². The Morgan fingerprint density at radius 1 is 1.67 bits per heavy atom. The number of nitrogens with zero attached hydrogens (tertiary/aromatic N) is 1. The lowest BCUT2D eigenvalue weighted by Gasteiger charge is -2.12. The van der Waals surface area contributed by atoms with Crippen molar-refractivity contribution >= 4 is 5.78 Å². The first-order chi connectivity index (χ1) is 4.33. The minimum absolute atomic E-state index is 0.0197. The topological polar surface area (TPSA) is 40.9 Å². The number of Topliss-reactive ketones (excluding diaryl/α,β-unsaturated/α-hetero) is 1. The minimum atomic E-state index is 0.0197. The Hall–Kier alpha value is -0.840. The Morgan fingerprint density at radius 2 is 2.44 bits per heavy atom. The first kappa shape index (κ1) is 6.28. The van der Waals surface area contributed by atoms with Crippen molar-refractivity contribution < 1.29 is 4.79 Å². The lowest BCUT2D eigenvalue weighted by atomic mass is 9.90. The monoisotopic (exact) mass is 123 g/mol. The first-order valence-corrected chi connectivity index (χ1v) is 3.24. The van der Waals surface area contributed by atoms with Gasteiger partial charge in [-0.05, 0) is 12.8 Å². The predicted molar refractivity (Wildman–Crippen MR) is 32.6 cm³/mol. The molecule has 0 saturated heterocycles. The van der Waals surface area contributed by atoms with E-state index in [-0.39, 0.29) is 11.7 Å². The van der Waals surface area contributed by atoms with Gasteiger partial charge in [0.25, 0.3) is 0 Å². The minimum Gasteiger partial charge on any atom is -0.300 e. The van der Waals surface area contributed by atoms with Gasteiger partial charge in [0.05, 0.1) is 12.0 Å². The summed E-state index contributed by atoms with van der Waals surface area (Å²) in [5.41, 5.74) is 0. The Balaban J connectivity index is 2.43. The number of ketones is 1. The van der Waals surface area contributed by atoms with E-state index in [0.717, 1.165) is 12.8 Å². The molecule has 1 fully saturated rings. The number of rotatable bonds is 0. The molecular formula is C7H9NO. The molecule has 0 heterocycles. The molecule has 1 saturated carbocycles. The summed E-state index contributed by atoms with van der Waals surface area (Å²) < 4.78 is 0. The van der Waals surface area contributed by atoms with Crippen LogP contribution in [0.25, 0.3) is 0 Å². The van der Waals surface area contributed by atoms with Gasteiger partial charge in [-0.3, -0.25) is 4.79 Å². The summed E-state index contributed by atoms with van der Waals surface area (Å²) in [7, 11) is 0. The number of hydrogen-bond donors (Lipinski definition) is 0. The van der Waals surface area contributed by atoms with E-state index >= 15 is 0 Å². The molecule has 0 aromatic rings. The lowest BCUT2D eigenvalue weighted by molar-refractivity contribution is -0.120. The van der Waals surface area contributed by atoms with Gasteiger partial charge < -0.3 is 0 Å². The second-order valence-corrected chi connectivity index (χ2v) is 2.46. The van der Waals surface area contributed by atoms with Gasteiger partial charge in [0, 0.05) is 12.8 Å². The third kappa shape index (κ3) is 1.53. The third-order valence-electron chi connectivity index (χ3n) is 1.66. The Bertz CT molecular complexity index is 157. The van der Waals surface area contributed by atoms with Gasteiger partial charge in [-0.25, -0.2) is 0 Å². The van der Waals surface area contributed by atoms with E-state index < -0.39 is 0 Å². The summed E-state index contributed by atoms with van der Waals surface area (Å²) >= 11 is 0. The molecule has 2 nitrogen and oxygen atoms in total. The predicted octanol–water partition coefficient (Wildman–Crippen LogP) is 1.27. The zero-order chi connectivity index (χ0) is 6.69. The van der Waals surface area contributed by atoms with E-state index in [2.05, 4.69) is 6.07 Å². The Kier molecular flexibility index (Phi) is 1.84. The molecule has 0 aromatic heterocycles. The van der Waals surface area contributed by atoms with Crippen LogP contribution in [0.5, 0.6) is 0 Å². The summed E-state index contributed by atoms with van der Waals surface area (Å²) in [5.74, 6) is 0.277. The van der Waals surface area contributed by atoms with Crippen LogP contribution in [0.4, 0.5) is 0 Å². The zero-order valence-corrected chi connectivity index (χ0v) is 5.26. The largest absolute Gasteiger partial charge is 0.300 e. The van der Waals surface area contributed by atoms with E-state index in [4.69, 9.17) is 5.26 Å². The molecule has 0 unspecified atom stereocenters. The summed E-state index contributed by atoms with van der Waals surface area (Å²) in [6.45, 7) is 0. The molecule has 0 radical (unpaired) electrons. The van der Waals surface area contributed by atoms with E-state index in [1.807, 2.05) is 0 Å². The van der Waals surface area contributed by atoms with Crippen LogP contribution >= 0.6 is 0 Å². The van der Waals surface area contributed by atoms with Gasteiger partial charge in [-0.15, -0.1) is 0 Å². The van der Waals surface area contributed by atoms with E-state index in [0.29, 0.717) is 12.8 Å². The second kappa shape index (κ2) is 2.63. The number of carbonyl (C=O) groups excluding carboxylic acids is 1. The maximum Gasteiger partial charge on any atom is 0.134 e. The molecule has 0 spiro atoms. The Morgan fingerprint density at radius 3 is 2.89 bits per heavy atom. The maximum absolute atomic E-state index is 10.7. The van der Waals surface area contributed by atoms with Crippen LogP contribution in [-0.2, 0) is 4.79 Å². The standard InChI is InChI=1S/C7H9NO/c8-5-6-2-1-3-7(9)4-6/h6H,1-4H2/t6-/m1/s1. The molecule has 9 heavy (non-hydrogen) atoms. The van der Waals surface area contributed by atoms with Gasteiger partial charge in [-0.2, -0.15) is 5.26 Å². The van der Waals surface area contributed by atoms with Crippen molar-refractivity contribution in [2.75, 3.05) is 0 Å². The first-order valence-electron chi connectivity index (χ1n) is 3.24. The molecule has 0 N–H and O–H groups in total. The van der Waals surface area contributed by atoms with Crippen molar-refractivity contribution in [2.24, 2.45) is 5.92 Å². The van der Waals surface area contributed by atoms with Crippen LogP contribution in [-0.4, -0.2) is 5.78 Å². The molecule has 0 aromatic carbocycles. The summed E-state index contributed by atoms with van der Waals surface area (Å²) in [5, 5.41) is 8.41. The van der Waals surface area contributed by atoms with Gasteiger partial charge in [0.1, 0.15) is 5.78 Å². The lowest BCUT2D eigenvalue weighted by Crippen LogP contribution is -2.12. The van der Waals surface area contributed by atoms with E-state index in [1.165, 1.54) is 0 Å². The fraction of sp³-hybridized carbons (Fsp3) is 0.714. The van der Waals surface area contributed by atoms with Gasteiger partial charge in [-0.1, -0.05) is 0 Å². The summed E-state index contributed by atoms with van der Waals surface area (Å²) in [4.78, 5) is 10.7. The van der Waals surface area contributed by atoms with Gasteiger partial charge >= 0.3 is 0 Å². The van der Waals surface area contributed by atoms with Crippen LogP contribution in [0.3, 0.4) is 0 Å². The number of nitriles is 1. The highest BCUT2D eigenvalue weighted by atomic mass is 16.1. The normalized spacial score (nSPS) is 27.4. The molecule has 1 aliphatic carbocycles. The quantitative estimate of drug-likeness (QED) is 0.486. The molecular weight excluding hydrogens is 114 g/mol. The molecule has 2 heteroatoms. The number of carbonyl (C=O) groups is 1. The molecule has 48 valence electrons. The summed E-state index contributed by atoms with van der Waals surface area (Å²) in [6.07, 6.45) is 3.02. The highest BCUT2D eigenvalue weighted by Gasteiger charge is 2.17. The van der Waals surface area contributed by atoms with Crippen LogP contribution in [0.1, 0.15) is 25.7 Å². The molecule has 1 atom stereocenters. The van der Waals surface area contributed by atoms with Crippen molar-refractivity contribution in [3.63, 3.8) is 0 Å². The Labute approximate surface area is 54.5 Å². The smallest absolute Gasteiger partial charge is 0.134 e. The van der Waals surface area contributed by atoms with Crippen molar-refractivity contribution in [1.82, 2.24) is 0 Å². The average Bonchev–Trinajstić information content (AvgIpc) is 1.88. The fourth-order valence-corrected chi connectivity index (χ4v) is 1.13. The van der Waals surface area contributed by atoms with Crippen LogP contribution in [0.15, 0.2) is 0 Å². The van der Waals surface area contributed by atoms with Crippen LogP contribution in [0, 0.1) is 17.2 Å². The highest BCUT2D eigenvalue weighted by molar-refractivity contribution is 5.79. The third-order valence-corrected chi connectivity index (χ3v) is 1.66. The fourth-order valence-electron chi connectivity index (χ4n) is 1.13. The van der Waals surface area contributed by atoms with Crippen molar-refractivity contribution in [1.29, 1.82) is 5.26 Å². The highest BCUT2D eigenvalue weighted by Crippen LogP contribution is 2.19. The van der Waals surface area contributed by atoms with E-state index in [1.54, 1.807) is 0 Å². The molecule has 0 amide bonds. The summed E-state index contributed by atoms with van der Waals surface area (Å²) in [6, 6.07) is 2.11. The van der Waals surface area contributed by atoms with Crippen LogP contribution in [0.2, 0.25) is 0 Å².